The van der Waals surface area contributed by atoms with Gasteiger partial charge in [0.2, 0.25) is 0 Å². The van der Waals surface area contributed by atoms with E-state index in [1.807, 2.05) is 0 Å². The highest BCUT2D eigenvalue weighted by molar-refractivity contribution is 5.78. The molecule has 4 heteroatoms. The lowest BCUT2D eigenvalue weighted by Gasteiger charge is -2.02. The smallest absolute Gasteiger partial charge is 0.193 e. The maximum Gasteiger partial charge on any atom is 0.193 e. The summed E-state index contributed by atoms with van der Waals surface area (Å²) in [6, 6.07) is 6.24. The first-order valence-corrected chi connectivity index (χ1v) is 4.46. The average Bonchev–Trinajstić information content (AvgIpc) is 2.28. The second-order valence-corrected chi connectivity index (χ2v) is 3.10. The van der Waals surface area contributed by atoms with Gasteiger partial charge in [-0.3, -0.25) is 4.79 Å². The summed E-state index contributed by atoms with van der Waals surface area (Å²) < 4.78 is 10.3. The third-order valence-electron chi connectivity index (χ3n) is 2.14. The summed E-state index contributed by atoms with van der Waals surface area (Å²) in [5, 5.41) is 9.32. The van der Waals surface area contributed by atoms with Gasteiger partial charge in [-0.1, -0.05) is 0 Å². The molecule has 0 fully saturated rings. The van der Waals surface area contributed by atoms with E-state index in [0.29, 0.717) is 16.7 Å². The quantitative estimate of drug-likeness (QED) is 0.804. The van der Waals surface area contributed by atoms with Crippen molar-refractivity contribution in [3.8, 4) is 5.75 Å². The van der Waals surface area contributed by atoms with Crippen molar-refractivity contribution >= 4 is 11.0 Å². The molecule has 1 aromatic carbocycles. The highest BCUT2D eigenvalue weighted by Gasteiger charge is 2.05. The van der Waals surface area contributed by atoms with Crippen LogP contribution in [0.4, 0.5) is 0 Å². The van der Waals surface area contributed by atoms with E-state index >= 15 is 0 Å². The predicted molar refractivity (Wildman–Crippen MR) is 55.0 cm³/mol. The number of hydrogen-bond donors (Lipinski definition) is 1. The summed E-state index contributed by atoms with van der Waals surface area (Å²) in [5.41, 5.74) is 0.270. The number of ether oxygens (including phenoxy) is 1. The number of aliphatic hydroxyl groups excluding tert-OH is 1. The van der Waals surface area contributed by atoms with Crippen molar-refractivity contribution in [2.24, 2.45) is 0 Å². The van der Waals surface area contributed by atoms with Crippen LogP contribution in [0, 0.1) is 0 Å². The second-order valence-electron chi connectivity index (χ2n) is 3.10. The van der Waals surface area contributed by atoms with E-state index in [4.69, 9.17) is 14.3 Å². The van der Waals surface area contributed by atoms with Crippen LogP contribution < -0.4 is 10.2 Å². The molecule has 0 atom stereocenters. The Hall–Kier alpha value is -1.81. The van der Waals surface area contributed by atoms with Gasteiger partial charge in [-0.2, -0.15) is 0 Å². The molecule has 0 spiro atoms. The molecule has 4 nitrogen and oxygen atoms in total. The molecule has 0 aliphatic rings. The molecular weight excluding hydrogens is 196 g/mol. The Bertz CT molecular complexity index is 542. The van der Waals surface area contributed by atoms with E-state index in [9.17, 15) is 4.79 Å². The van der Waals surface area contributed by atoms with Gasteiger partial charge in [-0.05, 0) is 18.2 Å². The summed E-state index contributed by atoms with van der Waals surface area (Å²) in [6.07, 6.45) is 0. The zero-order valence-electron chi connectivity index (χ0n) is 8.19. The maximum atomic E-state index is 11.6. The SMILES string of the molecule is COc1ccc2oc(CO)cc(=O)c2c1. The topological polar surface area (TPSA) is 59.7 Å². The molecule has 0 bridgehead atoms. The number of benzene rings is 1. The lowest BCUT2D eigenvalue weighted by Crippen LogP contribution is -2.02. The van der Waals surface area contributed by atoms with Crippen LogP contribution in [0.25, 0.3) is 11.0 Å². The second kappa shape index (κ2) is 3.74. The highest BCUT2D eigenvalue weighted by atomic mass is 16.5. The summed E-state index contributed by atoms with van der Waals surface area (Å²) >= 11 is 0. The van der Waals surface area contributed by atoms with Crippen LogP contribution in [0.5, 0.6) is 5.75 Å². The normalized spacial score (nSPS) is 10.5. The first kappa shape index (κ1) is 9.73. The Balaban J connectivity index is 2.74. The molecule has 2 aromatic rings. The van der Waals surface area contributed by atoms with Crippen LogP contribution in [0.15, 0.2) is 33.5 Å². The number of rotatable bonds is 2. The van der Waals surface area contributed by atoms with E-state index in [1.165, 1.54) is 13.2 Å². The van der Waals surface area contributed by atoms with Crippen LogP contribution in [0.2, 0.25) is 0 Å². The molecular formula is C11H10O4. The molecule has 1 aromatic heterocycles. The van der Waals surface area contributed by atoms with Gasteiger partial charge in [0.15, 0.2) is 5.43 Å². The van der Waals surface area contributed by atoms with Crippen molar-refractivity contribution in [1.29, 1.82) is 0 Å². The Morgan fingerprint density at radius 3 is 2.87 bits per heavy atom. The monoisotopic (exact) mass is 206 g/mol. The summed E-state index contributed by atoms with van der Waals surface area (Å²) in [4.78, 5) is 11.6. The van der Waals surface area contributed by atoms with Gasteiger partial charge in [0.05, 0.1) is 12.5 Å². The molecule has 0 saturated carbocycles. The largest absolute Gasteiger partial charge is 0.497 e. The standard InChI is InChI=1S/C11H10O4/c1-14-7-2-3-11-9(4-7)10(13)5-8(6-12)15-11/h2-5,12H,6H2,1H3. The van der Waals surface area contributed by atoms with Gasteiger partial charge in [0, 0.05) is 6.07 Å². The summed E-state index contributed by atoms with van der Waals surface area (Å²) in [7, 11) is 1.53. The van der Waals surface area contributed by atoms with E-state index < -0.39 is 0 Å². The molecule has 0 amide bonds. The fourth-order valence-corrected chi connectivity index (χ4v) is 1.39. The average molecular weight is 206 g/mol. The zero-order valence-corrected chi connectivity index (χ0v) is 8.19. The molecule has 0 aliphatic carbocycles. The van der Waals surface area contributed by atoms with Crippen LogP contribution in [-0.2, 0) is 6.61 Å². The Labute approximate surface area is 85.7 Å². The molecule has 2 rings (SSSR count). The third kappa shape index (κ3) is 1.71. The van der Waals surface area contributed by atoms with Crippen LogP contribution >= 0.6 is 0 Å². The van der Waals surface area contributed by atoms with Crippen molar-refractivity contribution < 1.29 is 14.3 Å². The zero-order chi connectivity index (χ0) is 10.8. The van der Waals surface area contributed by atoms with Gasteiger partial charge in [-0.25, -0.2) is 0 Å². The molecule has 1 N–H and O–H groups in total. The molecule has 15 heavy (non-hydrogen) atoms. The van der Waals surface area contributed by atoms with Gasteiger partial charge in [0.25, 0.3) is 0 Å². The van der Waals surface area contributed by atoms with Gasteiger partial charge < -0.3 is 14.3 Å². The number of methoxy groups -OCH3 is 1. The van der Waals surface area contributed by atoms with Crippen molar-refractivity contribution in [1.82, 2.24) is 0 Å². The van der Waals surface area contributed by atoms with Crippen molar-refractivity contribution in [2.75, 3.05) is 7.11 Å². The number of aliphatic hydroxyl groups is 1. The number of hydrogen-bond acceptors (Lipinski definition) is 4. The van der Waals surface area contributed by atoms with Crippen LogP contribution in [0.3, 0.4) is 0 Å². The van der Waals surface area contributed by atoms with Gasteiger partial charge >= 0.3 is 0 Å². The minimum atomic E-state index is -0.281. The lowest BCUT2D eigenvalue weighted by atomic mass is 10.2. The molecule has 0 saturated heterocycles. The Kier molecular flexibility index (Phi) is 2.43. The molecule has 78 valence electrons. The van der Waals surface area contributed by atoms with Crippen LogP contribution in [-0.4, -0.2) is 12.2 Å². The van der Waals surface area contributed by atoms with E-state index in [2.05, 4.69) is 0 Å². The predicted octanol–water partition coefficient (Wildman–Crippen LogP) is 1.29. The van der Waals surface area contributed by atoms with Gasteiger partial charge in [0.1, 0.15) is 23.7 Å². The first-order chi connectivity index (χ1) is 7.24. The van der Waals surface area contributed by atoms with Gasteiger partial charge in [-0.15, -0.1) is 0 Å². The molecule has 0 unspecified atom stereocenters. The van der Waals surface area contributed by atoms with E-state index in [0.717, 1.165) is 0 Å². The van der Waals surface area contributed by atoms with Crippen molar-refractivity contribution in [2.45, 2.75) is 6.61 Å². The molecule has 0 radical (unpaired) electrons. The van der Waals surface area contributed by atoms with Crippen LogP contribution in [0.1, 0.15) is 5.76 Å². The summed E-state index contributed by atoms with van der Waals surface area (Å²) in [6.45, 7) is -0.281. The Morgan fingerprint density at radius 1 is 1.40 bits per heavy atom. The summed E-state index contributed by atoms with van der Waals surface area (Å²) in [5.74, 6) is 0.865. The number of fused-ring (bicyclic) bond motifs is 1. The first-order valence-electron chi connectivity index (χ1n) is 4.46. The maximum absolute atomic E-state index is 11.6. The minimum Gasteiger partial charge on any atom is -0.497 e. The fourth-order valence-electron chi connectivity index (χ4n) is 1.39. The van der Waals surface area contributed by atoms with Crippen molar-refractivity contribution in [3.63, 3.8) is 0 Å². The molecule has 1 heterocycles. The van der Waals surface area contributed by atoms with Crippen molar-refractivity contribution in [3.05, 3.63) is 40.2 Å². The third-order valence-corrected chi connectivity index (χ3v) is 2.14. The fraction of sp³-hybridized carbons (Fsp3) is 0.182. The lowest BCUT2D eigenvalue weighted by molar-refractivity contribution is 0.249. The highest BCUT2D eigenvalue weighted by Crippen LogP contribution is 2.18. The Morgan fingerprint density at radius 2 is 2.20 bits per heavy atom. The minimum absolute atomic E-state index is 0.181. The van der Waals surface area contributed by atoms with E-state index in [-0.39, 0.29) is 17.8 Å². The molecule has 0 aliphatic heterocycles. The van der Waals surface area contributed by atoms with E-state index in [1.54, 1.807) is 18.2 Å².